The summed E-state index contributed by atoms with van der Waals surface area (Å²) >= 11 is 23.5. The van der Waals surface area contributed by atoms with E-state index in [0.29, 0.717) is 0 Å². The van der Waals surface area contributed by atoms with E-state index in [1.54, 1.807) is 26.0 Å². The molecule has 2 atom stereocenters. The van der Waals surface area contributed by atoms with Gasteiger partial charge in [0, 0.05) is 0 Å². The van der Waals surface area contributed by atoms with E-state index in [-0.39, 0.29) is 48.8 Å². The van der Waals surface area contributed by atoms with Crippen molar-refractivity contribution in [2.24, 2.45) is 17.5 Å². The molecule has 19 nitrogen and oxygen atoms in total. The lowest BCUT2D eigenvalue weighted by atomic mass is 10.1. The van der Waals surface area contributed by atoms with Gasteiger partial charge in [-0.15, -0.1) is 0 Å². The van der Waals surface area contributed by atoms with Gasteiger partial charge in [-0.05, 0) is 42.7 Å². The highest BCUT2D eigenvalue weighted by Crippen LogP contribution is 2.26. The number of carboxylic acid groups (broad SMARTS) is 4. The number of ether oxygens (including phenoxy) is 3. The van der Waals surface area contributed by atoms with Gasteiger partial charge >= 0.3 is 42.0 Å². The zero-order valence-corrected chi connectivity index (χ0v) is 34.3. The largest absolute Gasteiger partial charge is 0.480 e. The first-order chi connectivity index (χ1) is 27.5. The van der Waals surface area contributed by atoms with Gasteiger partial charge in [0.05, 0.1) is 31.2 Å². The van der Waals surface area contributed by atoms with Crippen LogP contribution in [0.3, 0.4) is 0 Å². The molecule has 0 aromatic heterocycles. The van der Waals surface area contributed by atoms with Crippen LogP contribution in [-0.2, 0) is 40.0 Å². The van der Waals surface area contributed by atoms with E-state index in [0.717, 1.165) is 5.56 Å². The summed E-state index contributed by atoms with van der Waals surface area (Å²) < 4.78 is 14.6. The van der Waals surface area contributed by atoms with E-state index in [9.17, 15) is 38.4 Å². The minimum atomic E-state index is -1.46. The summed E-state index contributed by atoms with van der Waals surface area (Å²) in [6.45, 7) is 3.04. The van der Waals surface area contributed by atoms with E-state index >= 15 is 0 Å². The van der Waals surface area contributed by atoms with Crippen molar-refractivity contribution in [3.8, 4) is 0 Å². The van der Waals surface area contributed by atoms with Gasteiger partial charge in [0.1, 0.15) is 25.2 Å². The fourth-order valence-electron chi connectivity index (χ4n) is 3.48. The average Bonchev–Trinajstić information content (AvgIpc) is 3.15. The summed E-state index contributed by atoms with van der Waals surface area (Å²) in [4.78, 5) is 87.1. The smallest absolute Gasteiger partial charge is 0.422 e. The van der Waals surface area contributed by atoms with Crippen molar-refractivity contribution in [2.75, 3.05) is 19.8 Å². The fourth-order valence-corrected chi connectivity index (χ4v) is 4.59. The molecule has 0 fully saturated rings. The molecule has 59 heavy (non-hydrogen) atoms. The maximum Gasteiger partial charge on any atom is 0.422 e. The van der Waals surface area contributed by atoms with Gasteiger partial charge in [-0.2, -0.15) is 0 Å². The standard InChI is InChI=1S/C17H10Cl4O5.C13H17NO4.C3H6N2O4.C3H7NO2/c18-10-3-1-4-11(19)14(10)16(23)25-7-9(22)8-26-17(24)15-12(20)5-2-6-13(15)21;1-9(2)11(12(15)16)14-13(17)18-8-10-6-4-3-5-7-10;4-5(3(8)9)1-2(6)7;1-2(4)3(5)6/h1-6H,7-8H2;3-7,9,11H,8H2,1-2H3,(H,14,17)(H,15,16);1,4H2,(H,6,7)(H,8,9);2H,4H2,1H3,(H,5,6)/t;11-;;2-/m.0.0/s1. The van der Waals surface area contributed by atoms with Crippen LogP contribution in [0.25, 0.3) is 0 Å². The Morgan fingerprint density at radius 2 is 1.07 bits per heavy atom. The molecule has 0 aliphatic heterocycles. The molecule has 0 unspecified atom stereocenters. The Kier molecular flexibility index (Phi) is 25.2. The van der Waals surface area contributed by atoms with Gasteiger partial charge in [-0.3, -0.25) is 14.4 Å². The van der Waals surface area contributed by atoms with Crippen LogP contribution < -0.4 is 16.9 Å². The molecule has 0 spiro atoms. The zero-order valence-electron chi connectivity index (χ0n) is 31.3. The van der Waals surface area contributed by atoms with Gasteiger partial charge in [0.2, 0.25) is 5.78 Å². The number of nitrogens with two attached hydrogens (primary N) is 2. The van der Waals surface area contributed by atoms with Crippen LogP contribution in [0.2, 0.25) is 20.1 Å². The van der Waals surface area contributed by atoms with Crippen molar-refractivity contribution in [3.63, 3.8) is 0 Å². The van der Waals surface area contributed by atoms with Crippen LogP contribution in [0.4, 0.5) is 9.59 Å². The van der Waals surface area contributed by atoms with Crippen LogP contribution in [-0.4, -0.2) is 105 Å². The Morgan fingerprint density at radius 1 is 0.661 bits per heavy atom. The summed E-state index contributed by atoms with van der Waals surface area (Å²) in [5, 5.41) is 35.6. The lowest BCUT2D eigenvalue weighted by Crippen LogP contribution is -2.44. The van der Waals surface area contributed by atoms with Gasteiger partial charge in [-0.25, -0.2) is 34.8 Å². The first kappa shape index (κ1) is 53.3. The van der Waals surface area contributed by atoms with Crippen LogP contribution in [0, 0.1) is 5.92 Å². The molecule has 0 heterocycles. The molecule has 3 rings (SSSR count). The predicted octanol–water partition coefficient (Wildman–Crippen LogP) is 5.25. The average molecular weight is 911 g/mol. The van der Waals surface area contributed by atoms with Gasteiger partial charge < -0.3 is 45.7 Å². The number of ketones is 1. The Hall–Kier alpha value is -5.70. The second-order valence-electron chi connectivity index (χ2n) is 11.6. The molecule has 9 N–H and O–H groups in total. The molecule has 3 aromatic carbocycles. The molecular weight excluding hydrogens is 870 g/mol. The number of amides is 2. The number of carboxylic acids is 3. The van der Waals surface area contributed by atoms with E-state index < -0.39 is 79.7 Å². The normalized spacial score (nSPS) is 10.9. The summed E-state index contributed by atoms with van der Waals surface area (Å²) in [7, 11) is 0. The maximum absolute atomic E-state index is 12.0. The van der Waals surface area contributed by atoms with Gasteiger partial charge in [-0.1, -0.05) is 103 Å². The number of hydrogen-bond donors (Lipinski definition) is 7. The van der Waals surface area contributed by atoms with E-state index in [4.69, 9.17) is 86.8 Å². The number of hydrazine groups is 1. The summed E-state index contributed by atoms with van der Waals surface area (Å²) in [5.41, 5.74) is 5.58. The van der Waals surface area contributed by atoms with E-state index in [1.165, 1.54) is 31.2 Å². The SMILES string of the molecule is CC(C)[C@H](NC(=O)OCc1ccccc1)C(=O)O.C[C@H](N)C(=O)O.NN(CC(=O)O)C(=O)O.O=C(COC(=O)c1c(Cl)cccc1Cl)COC(=O)c1c(Cl)cccc1Cl. The molecule has 0 saturated heterocycles. The van der Waals surface area contributed by atoms with Crippen molar-refractivity contribution >= 4 is 94.2 Å². The predicted molar refractivity (Wildman–Crippen MR) is 212 cm³/mol. The van der Waals surface area contributed by atoms with Crippen LogP contribution in [0.1, 0.15) is 47.1 Å². The maximum atomic E-state index is 12.0. The lowest BCUT2D eigenvalue weighted by molar-refractivity contribution is -0.140. The molecule has 0 aliphatic rings. The number of carbonyl (C=O) groups is 8. The quantitative estimate of drug-likeness (QED) is 0.0357. The first-order valence-electron chi connectivity index (χ1n) is 16.4. The van der Waals surface area contributed by atoms with Crippen molar-refractivity contribution in [1.29, 1.82) is 0 Å². The Labute approximate surface area is 356 Å². The number of aliphatic carboxylic acids is 3. The molecule has 0 radical (unpaired) electrons. The van der Waals surface area contributed by atoms with Gasteiger partial charge in [0.15, 0.2) is 13.2 Å². The van der Waals surface area contributed by atoms with Crippen molar-refractivity contribution in [2.45, 2.75) is 39.5 Å². The second kappa shape index (κ2) is 27.9. The van der Waals surface area contributed by atoms with Crippen molar-refractivity contribution < 1.29 is 73.0 Å². The van der Waals surface area contributed by atoms with Crippen LogP contribution >= 0.6 is 46.4 Å². The Balaban J connectivity index is 0.000000877. The third-order valence-corrected chi connectivity index (χ3v) is 7.68. The van der Waals surface area contributed by atoms with E-state index in [1.807, 2.05) is 30.3 Å². The molecule has 0 saturated carbocycles. The number of carbonyl (C=O) groups excluding carboxylic acids is 4. The molecule has 0 aliphatic carbocycles. The third-order valence-electron chi connectivity index (χ3n) is 6.42. The topological polar surface area (TPSA) is 312 Å². The van der Waals surface area contributed by atoms with Crippen molar-refractivity contribution in [3.05, 3.63) is 104 Å². The third kappa shape index (κ3) is 22.1. The number of rotatable bonds is 14. The molecule has 322 valence electrons. The molecule has 2 amide bonds. The summed E-state index contributed by atoms with van der Waals surface area (Å²) in [6.07, 6.45) is -2.18. The number of benzene rings is 3. The Bertz CT molecular complexity index is 1810. The van der Waals surface area contributed by atoms with Crippen LogP contribution in [0.5, 0.6) is 0 Å². The highest BCUT2D eigenvalue weighted by molar-refractivity contribution is 6.40. The number of halogens is 4. The number of esters is 2. The second-order valence-corrected chi connectivity index (χ2v) is 13.2. The highest BCUT2D eigenvalue weighted by Gasteiger charge is 2.24. The fraction of sp³-hybridized carbons (Fsp3) is 0.278. The van der Waals surface area contributed by atoms with Gasteiger partial charge in [0.25, 0.3) is 0 Å². The molecule has 23 heteroatoms. The zero-order chi connectivity index (χ0) is 45.4. The summed E-state index contributed by atoms with van der Waals surface area (Å²) in [5.74, 6) is -1.23. The number of nitrogens with zero attached hydrogens (tertiary/aromatic N) is 1. The van der Waals surface area contributed by atoms with Crippen LogP contribution in [0.15, 0.2) is 66.7 Å². The molecular formula is C36H40Cl4N4O15. The monoisotopic (exact) mass is 908 g/mol. The number of Topliss-reactive ketones (excluding diaryl/α,β-unsaturated/α-hetero) is 1. The first-order valence-corrected chi connectivity index (χ1v) is 17.9. The molecule has 0 bridgehead atoms. The number of nitrogens with one attached hydrogen (secondary N) is 1. The number of alkyl carbamates (subject to hydrolysis) is 1. The highest BCUT2D eigenvalue weighted by atomic mass is 35.5. The lowest BCUT2D eigenvalue weighted by Gasteiger charge is -2.17. The Morgan fingerprint density at radius 3 is 1.37 bits per heavy atom. The minimum Gasteiger partial charge on any atom is -0.480 e. The summed E-state index contributed by atoms with van der Waals surface area (Å²) in [6, 6.07) is 16.5. The van der Waals surface area contributed by atoms with Crippen molar-refractivity contribution in [1.82, 2.24) is 10.3 Å². The molecule has 3 aromatic rings. The number of hydrogen-bond acceptors (Lipinski definition) is 13. The minimum absolute atomic E-state index is 0.0523. The van der Waals surface area contributed by atoms with E-state index in [2.05, 4.69) is 11.2 Å².